The van der Waals surface area contributed by atoms with E-state index in [9.17, 15) is 75.0 Å². The number of aliphatic carboxylic acids is 2. The smallest absolute Gasteiger partial charge is 0.402 e. The molecule has 0 radical (unpaired) electrons. The Bertz CT molecular complexity index is 2500. The van der Waals surface area contributed by atoms with Crippen molar-refractivity contribution in [2.45, 2.75) is 74.3 Å². The monoisotopic (exact) mass is 945 g/mol. The van der Waals surface area contributed by atoms with Crippen molar-refractivity contribution in [1.29, 1.82) is 0 Å². The van der Waals surface area contributed by atoms with E-state index in [1.54, 1.807) is 0 Å². The van der Waals surface area contributed by atoms with Gasteiger partial charge in [0.05, 0.1) is 11.6 Å². The lowest BCUT2D eigenvalue weighted by Crippen LogP contribution is -2.61. The molecule has 5 unspecified atom stereocenters. The van der Waals surface area contributed by atoms with Crippen molar-refractivity contribution in [1.82, 2.24) is 0 Å². The summed E-state index contributed by atoms with van der Waals surface area (Å²) in [7, 11) is 0. The standard InChI is InChI=1S/C42H40O25/c43-18-4-1-16(2-5-18)3-6-30(51)60-14-26-34(55)35(56)37(58)41(65-26)64-25-11-20-23(62-39(25)17-7-21(45)33(54)22(46)8-17)9-19(44)10-24(20)63-42-38(59)36(57)40(67-32(53)13-29(49)50)27(66-42)15-61-31(52)12-28(47)48/h1-11,26-27,34-38,40-42,55-59H,12-15H2,(H6-,43,44,45,46,47,48,49,50,51,54)/p+1/t26?,27?,34-,35?,36-,37?,38?,40-,41-,42-/m1/s1. The summed E-state index contributed by atoms with van der Waals surface area (Å²) in [6.07, 6.45) is -19.6. The summed E-state index contributed by atoms with van der Waals surface area (Å²) in [5.74, 6) is -11.6. The summed E-state index contributed by atoms with van der Waals surface area (Å²) in [4.78, 5) is 59.1. The van der Waals surface area contributed by atoms with Gasteiger partial charge in [0.15, 0.2) is 23.4 Å². The Hall–Kier alpha value is -7.52. The molecule has 0 amide bonds. The summed E-state index contributed by atoms with van der Waals surface area (Å²) < 4.78 is 44.4. The highest BCUT2D eigenvalue weighted by Gasteiger charge is 2.50. The van der Waals surface area contributed by atoms with E-state index in [2.05, 4.69) is 0 Å². The highest BCUT2D eigenvalue weighted by molar-refractivity contribution is 5.91. The number of ether oxygens (including phenoxy) is 7. The molecule has 0 aliphatic carbocycles. The second kappa shape index (κ2) is 20.8. The molecule has 358 valence electrons. The summed E-state index contributed by atoms with van der Waals surface area (Å²) in [6, 6.07) is 10.6. The van der Waals surface area contributed by atoms with Gasteiger partial charge in [0.25, 0.3) is 0 Å². The van der Waals surface area contributed by atoms with Crippen LogP contribution in [-0.4, -0.2) is 166 Å². The SMILES string of the molecule is O=C(O)CC(=O)OCC1O[C@@H](Oc2cc(O)cc3[o+]c(-c4cc(O)c(O)c(O)c4)c(O[C@@H]4OC(COC(=O)/C=C/c5ccc(O)cc5)[C@@H](O)C(O)C4O)cc23)C(O)[C@@H](O)[C@@H]1OC(=O)CC(=O)O. The maximum absolute atomic E-state index is 12.5. The lowest BCUT2D eigenvalue weighted by Gasteiger charge is -2.41. The first kappa shape index (κ1) is 48.9. The van der Waals surface area contributed by atoms with Crippen LogP contribution in [0.1, 0.15) is 18.4 Å². The molecule has 0 bridgehead atoms. The summed E-state index contributed by atoms with van der Waals surface area (Å²) in [5.41, 5.74) is -0.0513. The number of benzene rings is 3. The Morgan fingerprint density at radius 2 is 1.21 bits per heavy atom. The number of carboxylic acid groups (broad SMARTS) is 2. The first-order valence-electron chi connectivity index (χ1n) is 19.5. The molecule has 2 fully saturated rings. The van der Waals surface area contributed by atoms with E-state index in [4.69, 9.17) is 47.8 Å². The van der Waals surface area contributed by atoms with Crippen molar-refractivity contribution in [2.75, 3.05) is 13.2 Å². The van der Waals surface area contributed by atoms with Crippen LogP contribution in [0.2, 0.25) is 0 Å². The van der Waals surface area contributed by atoms with E-state index < -0.39 is 158 Å². The van der Waals surface area contributed by atoms with Gasteiger partial charge in [-0.25, -0.2) is 9.21 Å². The van der Waals surface area contributed by atoms with Crippen LogP contribution < -0.4 is 9.47 Å². The van der Waals surface area contributed by atoms with Crippen LogP contribution in [-0.2, 0) is 47.7 Å². The molecule has 10 atom stereocenters. The molecule has 0 saturated carbocycles. The number of rotatable bonds is 16. The third-order valence-corrected chi connectivity index (χ3v) is 9.89. The molecule has 2 saturated heterocycles. The third-order valence-electron chi connectivity index (χ3n) is 9.89. The lowest BCUT2D eigenvalue weighted by molar-refractivity contribution is -0.282. The number of hydrogen-bond acceptors (Lipinski definition) is 22. The third kappa shape index (κ3) is 11.8. The molecular weight excluding hydrogens is 904 g/mol. The van der Waals surface area contributed by atoms with Crippen molar-refractivity contribution in [3.05, 3.63) is 66.2 Å². The predicted molar refractivity (Wildman–Crippen MR) is 215 cm³/mol. The second-order valence-corrected chi connectivity index (χ2v) is 14.8. The van der Waals surface area contributed by atoms with Gasteiger partial charge in [-0.15, -0.1) is 0 Å². The molecule has 2 aliphatic rings. The minimum atomic E-state index is -2.19. The second-order valence-electron chi connectivity index (χ2n) is 14.8. The average molecular weight is 946 g/mol. The number of esters is 3. The number of hydrogen-bond donors (Lipinski definition) is 12. The van der Waals surface area contributed by atoms with Crippen LogP contribution in [0.25, 0.3) is 28.4 Å². The minimum Gasteiger partial charge on any atom is -0.508 e. The fourth-order valence-corrected chi connectivity index (χ4v) is 6.61. The highest BCUT2D eigenvalue weighted by Crippen LogP contribution is 2.45. The van der Waals surface area contributed by atoms with Crippen molar-refractivity contribution >= 4 is 46.9 Å². The number of carbonyl (C=O) groups excluding carboxylic acids is 3. The molecule has 3 aromatic carbocycles. The fourth-order valence-electron chi connectivity index (χ4n) is 6.61. The first-order chi connectivity index (χ1) is 31.7. The van der Waals surface area contributed by atoms with Gasteiger partial charge in [0.2, 0.25) is 18.3 Å². The molecule has 1 aromatic heterocycles. The fraction of sp³-hybridized carbons (Fsp3) is 0.333. The molecule has 25 nitrogen and oxygen atoms in total. The van der Waals surface area contributed by atoms with Gasteiger partial charge in [0.1, 0.15) is 91.4 Å². The Morgan fingerprint density at radius 1 is 0.627 bits per heavy atom. The van der Waals surface area contributed by atoms with Crippen LogP contribution in [0.3, 0.4) is 0 Å². The predicted octanol–water partition coefficient (Wildman–Crippen LogP) is -0.418. The van der Waals surface area contributed by atoms with Crippen molar-refractivity contribution < 1.29 is 123 Å². The number of aliphatic hydroxyl groups excluding tert-OH is 5. The van der Waals surface area contributed by atoms with E-state index in [-0.39, 0.29) is 22.3 Å². The molecule has 67 heavy (non-hydrogen) atoms. The van der Waals surface area contributed by atoms with E-state index in [1.807, 2.05) is 0 Å². The normalized spacial score (nSPS) is 25.0. The van der Waals surface area contributed by atoms with Gasteiger partial charge in [0, 0.05) is 30.3 Å². The van der Waals surface area contributed by atoms with Gasteiger partial charge in [-0.05, 0) is 23.8 Å². The number of fused-ring (bicyclic) bond motifs is 1. The summed E-state index contributed by atoms with van der Waals surface area (Å²) in [5, 5.41) is 124. The van der Waals surface area contributed by atoms with Crippen LogP contribution in [0.5, 0.6) is 40.2 Å². The molecule has 0 spiro atoms. The van der Waals surface area contributed by atoms with E-state index >= 15 is 0 Å². The minimum absolute atomic E-state index is 0.0145. The van der Waals surface area contributed by atoms with Crippen LogP contribution in [0.4, 0.5) is 0 Å². The maximum atomic E-state index is 12.5. The first-order valence-corrected chi connectivity index (χ1v) is 19.5. The van der Waals surface area contributed by atoms with Crippen molar-refractivity contribution in [2.24, 2.45) is 0 Å². The lowest BCUT2D eigenvalue weighted by atomic mass is 9.98. The molecule has 6 rings (SSSR count). The summed E-state index contributed by atoms with van der Waals surface area (Å²) in [6.45, 7) is -1.67. The molecule has 2 aliphatic heterocycles. The topological polar surface area (TPSA) is 404 Å². The van der Waals surface area contributed by atoms with Gasteiger partial charge >= 0.3 is 41.2 Å². The number of phenolic OH excluding ortho intramolecular Hbond substituents is 5. The number of aromatic hydroxyl groups is 5. The van der Waals surface area contributed by atoms with E-state index in [0.717, 1.165) is 36.4 Å². The average Bonchev–Trinajstić information content (AvgIpc) is 3.26. The van der Waals surface area contributed by atoms with Gasteiger partial charge < -0.3 is 94.4 Å². The number of aliphatic hydroxyl groups is 5. The zero-order chi connectivity index (χ0) is 48.9. The zero-order valence-electron chi connectivity index (χ0n) is 34.1. The number of phenols is 5. The van der Waals surface area contributed by atoms with Crippen molar-refractivity contribution in [3.8, 4) is 51.6 Å². The van der Waals surface area contributed by atoms with E-state index in [0.29, 0.717) is 5.56 Å². The largest absolute Gasteiger partial charge is 0.508 e. The molecule has 25 heteroatoms. The van der Waals surface area contributed by atoms with Crippen LogP contribution in [0, 0.1) is 0 Å². The molecular formula is C42H41O25+. The highest BCUT2D eigenvalue weighted by atomic mass is 16.7. The van der Waals surface area contributed by atoms with E-state index in [1.165, 1.54) is 30.3 Å². The number of carboxylic acids is 2. The van der Waals surface area contributed by atoms with Crippen molar-refractivity contribution in [3.63, 3.8) is 0 Å². The Morgan fingerprint density at radius 3 is 1.85 bits per heavy atom. The number of carbonyl (C=O) groups is 5. The van der Waals surface area contributed by atoms with Gasteiger partial charge in [-0.3, -0.25) is 19.2 Å². The molecule has 3 heterocycles. The zero-order valence-corrected chi connectivity index (χ0v) is 34.1. The Kier molecular flexibility index (Phi) is 15.2. The Balaban J connectivity index is 1.33. The van der Waals surface area contributed by atoms with Crippen LogP contribution >= 0.6 is 0 Å². The van der Waals surface area contributed by atoms with Gasteiger partial charge in [-0.2, -0.15) is 0 Å². The maximum Gasteiger partial charge on any atom is 0.402 e. The van der Waals surface area contributed by atoms with Gasteiger partial charge in [-0.1, -0.05) is 12.1 Å². The molecule has 12 N–H and O–H groups in total. The molecule has 4 aromatic rings. The quantitative estimate of drug-likeness (QED) is 0.0169. The summed E-state index contributed by atoms with van der Waals surface area (Å²) >= 11 is 0. The Labute approximate surface area is 374 Å². The van der Waals surface area contributed by atoms with Crippen LogP contribution in [0.15, 0.2) is 65.1 Å².